The molecule has 0 saturated heterocycles. The van der Waals surface area contributed by atoms with Gasteiger partial charge in [0.15, 0.2) is 34.9 Å². The fraction of sp³-hybridized carbons (Fsp3) is 0.110. The number of allylic oxidation sites excluding steroid dienone is 2. The normalized spacial score (nSPS) is 10.4. The number of pyridine rings is 5. The van der Waals surface area contributed by atoms with Crippen molar-refractivity contribution in [1.82, 2.24) is 79.2 Å². The van der Waals surface area contributed by atoms with Crippen LogP contribution in [0, 0.1) is 29.1 Å². The number of benzene rings is 5. The zero-order valence-corrected chi connectivity index (χ0v) is 62.1. The summed E-state index contributed by atoms with van der Waals surface area (Å²) in [6.07, 6.45) is 6.94. The van der Waals surface area contributed by atoms with E-state index in [2.05, 4.69) is 125 Å². The van der Waals surface area contributed by atoms with Gasteiger partial charge in [-0.25, -0.2) is 71.8 Å². The van der Waals surface area contributed by atoms with E-state index in [0.29, 0.717) is 99.6 Å². The van der Waals surface area contributed by atoms with Crippen molar-refractivity contribution in [3.05, 3.63) is 294 Å². The van der Waals surface area contributed by atoms with Crippen LogP contribution in [0.15, 0.2) is 237 Å². The number of fused-ring (bicyclic) bond motifs is 5. The number of imidazole rings is 5. The summed E-state index contributed by atoms with van der Waals surface area (Å²) in [6.45, 7) is 13.8. The number of thiol groups is 1. The van der Waals surface area contributed by atoms with Crippen LogP contribution in [-0.2, 0) is 4.74 Å². The summed E-state index contributed by atoms with van der Waals surface area (Å²) >= 11 is 26.2. The van der Waals surface area contributed by atoms with Crippen LogP contribution in [0.1, 0.15) is 56.2 Å². The number of nitrogens with zero attached hydrogens (tertiary/aromatic N) is 15. The van der Waals surface area contributed by atoms with Crippen LogP contribution in [0.2, 0.25) is 15.5 Å². The number of H-pyrrole nitrogens is 1. The second-order valence-electron chi connectivity index (χ2n) is 21.0. The van der Waals surface area contributed by atoms with Crippen molar-refractivity contribution in [2.45, 2.75) is 34.3 Å². The van der Waals surface area contributed by atoms with Gasteiger partial charge < -0.3 is 26.5 Å². The number of rotatable bonds is 11. The molecule has 0 aliphatic heterocycles. The van der Waals surface area contributed by atoms with Gasteiger partial charge in [-0.1, -0.05) is 148 Å². The number of alkyl halides is 2. The van der Waals surface area contributed by atoms with E-state index in [1.54, 1.807) is 152 Å². The van der Waals surface area contributed by atoms with Crippen LogP contribution in [0.4, 0.5) is 22.0 Å². The van der Waals surface area contributed by atoms with Crippen LogP contribution in [0.5, 0.6) is 0 Å². The maximum atomic E-state index is 13.6. The minimum atomic E-state index is -0.679. The molecule has 0 spiro atoms. The summed E-state index contributed by atoms with van der Waals surface area (Å²) < 4.78 is 81.4. The molecule has 0 fully saturated rings. The molecule has 10 aromatic heterocycles. The number of halogens is 10. The number of para-hydroxylation sites is 5. The summed E-state index contributed by atoms with van der Waals surface area (Å²) in [5.41, 5.74) is 7.65. The number of aliphatic hydroxyl groups excluding tert-OH is 1. The van der Waals surface area contributed by atoms with Gasteiger partial charge in [-0.2, -0.15) is 0 Å². The molecule has 5 aromatic carbocycles. The number of hydrogen-bond acceptors (Lipinski definition) is 16. The Morgan fingerprint density at radius 3 is 1.23 bits per heavy atom. The zero-order valence-electron chi connectivity index (χ0n) is 55.8. The van der Waals surface area contributed by atoms with Gasteiger partial charge in [0.05, 0.1) is 63.0 Å². The first-order chi connectivity index (χ1) is 49.7. The van der Waals surface area contributed by atoms with E-state index in [9.17, 15) is 31.9 Å². The van der Waals surface area contributed by atoms with E-state index in [0.717, 1.165) is 29.1 Å². The monoisotopic (exact) mass is 1650 g/mol. The summed E-state index contributed by atoms with van der Waals surface area (Å²) in [4.78, 5) is 55.5. The molecule has 0 bridgehead atoms. The number of ether oxygens (including phenoxy) is 1. The fourth-order valence-corrected chi connectivity index (χ4v) is 10.4. The van der Waals surface area contributed by atoms with Crippen LogP contribution in [0.25, 0.3) is 84.0 Å². The maximum absolute atomic E-state index is 13.6. The average Bonchev–Trinajstić information content (AvgIpc) is 1.66. The van der Waals surface area contributed by atoms with Crippen LogP contribution < -0.4 is 6.15 Å². The first kappa shape index (κ1) is 86.4. The quantitative estimate of drug-likeness (QED) is 0.0178. The van der Waals surface area contributed by atoms with Gasteiger partial charge in [0.2, 0.25) is 0 Å². The van der Waals surface area contributed by atoms with Crippen molar-refractivity contribution >= 4 is 154 Å². The summed E-state index contributed by atoms with van der Waals surface area (Å²) in [7, 11) is 4.34. The van der Waals surface area contributed by atoms with Gasteiger partial charge in [0.25, 0.3) is 0 Å². The van der Waals surface area contributed by atoms with Crippen molar-refractivity contribution in [3.8, 4) is 23.3 Å². The Morgan fingerprint density at radius 1 is 0.538 bits per heavy atom. The van der Waals surface area contributed by atoms with Gasteiger partial charge in [0.1, 0.15) is 103 Å². The fourth-order valence-electron chi connectivity index (χ4n) is 9.25. The molecule has 1 radical (unpaired) electrons. The number of Topliss-reactive ketones (excluding diaryl/α,β-unsaturated/α-hetero) is 1. The van der Waals surface area contributed by atoms with Gasteiger partial charge in [-0.05, 0) is 148 Å². The number of aliphatic hydroxyl groups is 1. The van der Waals surface area contributed by atoms with E-state index in [-0.39, 0.29) is 64.8 Å². The van der Waals surface area contributed by atoms with Gasteiger partial charge in [-0.15, -0.1) is 0 Å². The van der Waals surface area contributed by atoms with Gasteiger partial charge >= 0.3 is 24.8 Å². The number of aromatic nitrogens is 15. The number of carbonyl (C=O) groups is 1. The number of nitrogens with one attached hydrogen (secondary N) is 1. The molecular weight excluding hydrogens is 1580 g/mol. The van der Waals surface area contributed by atoms with Gasteiger partial charge in [-0.3, -0.25) is 23.1 Å². The number of ketones is 1. The number of carbonyl (C=O) groups excluding carboxylic acids is 1. The SMILES string of the molecule is C.C=C(C)OCC.C=C(C)c1cccc(-n2cnc3c(F)cccc32)n1.Clc1cccc(Cl)n1.Fc1cccc2[nH]cnc12.Fc1cccc2c1ncn2-c1cccc(Cl)n1.N.O.O=C(CBr)c1cccc(-n2cnc3c(F)cccc32)n1.OC(CBr)c1cccc(-n2cnc3c(F)cccc32)n1.[B]=NS. The average molecular weight is 1650 g/mol. The first-order valence-corrected chi connectivity index (χ1v) is 34.1. The summed E-state index contributed by atoms with van der Waals surface area (Å²) in [5, 5.41) is 11.7. The third kappa shape index (κ3) is 23.1. The topological polar surface area (TPSA) is 290 Å². The Morgan fingerprint density at radius 2 is 0.877 bits per heavy atom. The minimum absolute atomic E-state index is 0. The molecule has 0 saturated carbocycles. The summed E-state index contributed by atoms with van der Waals surface area (Å²) in [5.74, 6) is 1.43. The molecule has 1 atom stereocenters. The van der Waals surface area contributed by atoms with E-state index in [1.165, 1.54) is 55.6 Å². The Balaban J connectivity index is 0.000000226. The van der Waals surface area contributed by atoms with Crippen molar-refractivity contribution in [2.24, 2.45) is 4.30 Å². The molecular formula is C73H67BBr2Cl3F5N17O4S. The van der Waals surface area contributed by atoms with Crippen molar-refractivity contribution in [3.63, 3.8) is 0 Å². The van der Waals surface area contributed by atoms with Crippen LogP contribution in [-0.4, -0.2) is 114 Å². The van der Waals surface area contributed by atoms with E-state index >= 15 is 0 Å². The molecule has 15 aromatic rings. The molecule has 0 aliphatic carbocycles. The molecule has 7 N–H and O–H groups in total. The first-order valence-electron chi connectivity index (χ1n) is 30.4. The van der Waals surface area contributed by atoms with Crippen molar-refractivity contribution < 1.29 is 42.1 Å². The second kappa shape index (κ2) is 42.6. The molecule has 33 heteroatoms. The second-order valence-corrected chi connectivity index (χ2v) is 23.6. The standard InChI is InChI=1S/C15H12FN3.C14H11BrFN3O.C14H9BrFN3O.C12H7ClFN3.C7H5FN2.C5H3Cl2N.C5H10O.CH4.BHNS.H3N.H2O/c1-10(2)12-6-4-8-14(18-12)19-9-17-15-11(16)5-3-7-13(15)19;2*15-7-12(20)10-4-2-6-13(18-10)19-8-17-14-9(16)3-1-5-11(14)19;13-10-5-2-6-11(16-10)17-7-15-12-8(14)3-1-4-9(12)17;8-5-2-1-3-6-7(5)10-4-9-6;6-4-2-1-3-5(7)8-4;1-4-6-5(2)3;;1-2-3;;/h3-9H,1H2,2H3;1-6,8,12,20H,7H2;1-6,8H,7H2;1-7H;1-4H,(H,9,10);1-3H;2,4H2,1,3H3;1H4;3H;1H3;1H2. The Bertz CT molecular complexity index is 5390. The molecule has 15 rings (SSSR count). The predicted octanol–water partition coefficient (Wildman–Crippen LogP) is 18.7. The Hall–Kier alpha value is -10.3. The third-order valence-electron chi connectivity index (χ3n) is 13.8. The van der Waals surface area contributed by atoms with Crippen molar-refractivity contribution in [2.75, 3.05) is 17.3 Å². The summed E-state index contributed by atoms with van der Waals surface area (Å²) in [6, 6.07) is 50.5. The third-order valence-corrected chi connectivity index (χ3v) is 15.6. The van der Waals surface area contributed by atoms with E-state index in [4.69, 9.17) is 39.5 Å². The van der Waals surface area contributed by atoms with E-state index in [1.807, 2.05) is 45.0 Å². The molecule has 21 nitrogen and oxygen atoms in total. The molecule has 1 unspecified atom stereocenters. The van der Waals surface area contributed by atoms with E-state index < -0.39 is 6.10 Å². The molecule has 547 valence electrons. The number of aromatic amines is 1. The molecule has 10 heterocycles. The van der Waals surface area contributed by atoms with Crippen molar-refractivity contribution in [1.29, 1.82) is 0 Å². The predicted molar refractivity (Wildman–Crippen MR) is 421 cm³/mol. The van der Waals surface area contributed by atoms with Crippen LogP contribution >= 0.6 is 79.5 Å². The molecule has 0 amide bonds. The zero-order chi connectivity index (χ0) is 74.1. The van der Waals surface area contributed by atoms with Gasteiger partial charge in [0, 0.05) is 5.33 Å². The molecule has 106 heavy (non-hydrogen) atoms. The Kier molecular flexibility index (Phi) is 34.7. The number of hydrogen-bond donors (Lipinski definition) is 4. The Labute approximate surface area is 643 Å². The van der Waals surface area contributed by atoms with Crippen LogP contribution in [0.3, 0.4) is 0 Å². The molecule has 0 aliphatic rings.